The summed E-state index contributed by atoms with van der Waals surface area (Å²) in [6.07, 6.45) is 0.348. The molecule has 0 aromatic rings. The number of carboxylic acids is 1. The number of hydrogen-bond donors (Lipinski definition) is 4. The van der Waals surface area contributed by atoms with Crippen molar-refractivity contribution in [2.24, 2.45) is 0 Å². The van der Waals surface area contributed by atoms with Crippen LogP contribution in [0.3, 0.4) is 0 Å². The molecule has 0 heterocycles. The van der Waals surface area contributed by atoms with Gasteiger partial charge in [-0.1, -0.05) is 6.58 Å². The van der Waals surface area contributed by atoms with Crippen LogP contribution in [0.5, 0.6) is 0 Å². The third kappa shape index (κ3) is 16.0. The molecule has 0 fully saturated rings. The molecule has 5 heteroatoms. The SMILES string of the molecule is C=CC(=O)O.OCCC(O)CO. The zero-order chi connectivity index (χ0) is 9.98. The molecule has 0 aromatic heterocycles. The highest BCUT2D eigenvalue weighted by Gasteiger charge is 1.96. The van der Waals surface area contributed by atoms with Crippen molar-refractivity contribution in [3.63, 3.8) is 0 Å². The summed E-state index contributed by atoms with van der Waals surface area (Å²) in [6, 6.07) is 0. The maximum Gasteiger partial charge on any atom is 0.327 e. The minimum atomic E-state index is -0.981. The van der Waals surface area contributed by atoms with E-state index in [-0.39, 0.29) is 19.6 Å². The largest absolute Gasteiger partial charge is 0.478 e. The first-order valence-corrected chi connectivity index (χ1v) is 3.33. The van der Waals surface area contributed by atoms with Crippen molar-refractivity contribution in [1.82, 2.24) is 0 Å². The molecular formula is C7H14O5. The zero-order valence-corrected chi connectivity index (χ0v) is 6.68. The number of carbonyl (C=O) groups is 1. The lowest BCUT2D eigenvalue weighted by molar-refractivity contribution is -0.131. The molecule has 72 valence electrons. The maximum absolute atomic E-state index is 9.25. The third-order valence-corrected chi connectivity index (χ3v) is 0.848. The molecule has 1 unspecified atom stereocenters. The van der Waals surface area contributed by atoms with Gasteiger partial charge >= 0.3 is 5.97 Å². The van der Waals surface area contributed by atoms with Gasteiger partial charge < -0.3 is 20.4 Å². The van der Waals surface area contributed by atoms with Crippen molar-refractivity contribution >= 4 is 5.97 Å². The first-order valence-electron chi connectivity index (χ1n) is 3.33. The van der Waals surface area contributed by atoms with Gasteiger partial charge in [0.15, 0.2) is 0 Å². The van der Waals surface area contributed by atoms with Gasteiger partial charge in [0.1, 0.15) is 0 Å². The van der Waals surface area contributed by atoms with E-state index in [0.717, 1.165) is 6.08 Å². The summed E-state index contributed by atoms with van der Waals surface area (Å²) < 4.78 is 0. The minimum absolute atomic E-state index is 0.0677. The van der Waals surface area contributed by atoms with E-state index in [0.29, 0.717) is 0 Å². The van der Waals surface area contributed by atoms with Crippen LogP contribution in [-0.2, 0) is 4.79 Å². The molecule has 1 atom stereocenters. The second-order valence-electron chi connectivity index (χ2n) is 1.89. The Kier molecular flexibility index (Phi) is 11.5. The molecule has 0 rings (SSSR count). The predicted molar refractivity (Wildman–Crippen MR) is 42.6 cm³/mol. The van der Waals surface area contributed by atoms with Crippen LogP contribution in [0, 0.1) is 0 Å². The van der Waals surface area contributed by atoms with E-state index in [9.17, 15) is 4.79 Å². The average molecular weight is 178 g/mol. The summed E-state index contributed by atoms with van der Waals surface area (Å²) in [5, 5.41) is 32.3. The molecule has 5 nitrogen and oxygen atoms in total. The Hall–Kier alpha value is -0.910. The quantitative estimate of drug-likeness (QED) is 0.413. The highest BCUT2D eigenvalue weighted by Crippen LogP contribution is 1.84. The van der Waals surface area contributed by atoms with Gasteiger partial charge in [-0.2, -0.15) is 0 Å². The Morgan fingerprint density at radius 1 is 1.50 bits per heavy atom. The lowest BCUT2D eigenvalue weighted by Crippen LogP contribution is -2.12. The highest BCUT2D eigenvalue weighted by molar-refractivity contribution is 5.78. The second-order valence-corrected chi connectivity index (χ2v) is 1.89. The lowest BCUT2D eigenvalue weighted by Gasteiger charge is -2.00. The normalized spacial score (nSPS) is 10.9. The van der Waals surface area contributed by atoms with E-state index >= 15 is 0 Å². The van der Waals surface area contributed by atoms with Crippen molar-refractivity contribution in [1.29, 1.82) is 0 Å². The molecule has 0 saturated heterocycles. The molecule has 0 saturated carbocycles. The maximum atomic E-state index is 9.25. The molecule has 0 aliphatic heterocycles. The highest BCUT2D eigenvalue weighted by atomic mass is 16.4. The van der Waals surface area contributed by atoms with E-state index in [1.807, 2.05) is 0 Å². The van der Waals surface area contributed by atoms with Crippen LogP contribution < -0.4 is 0 Å². The minimum Gasteiger partial charge on any atom is -0.478 e. The monoisotopic (exact) mass is 178 g/mol. The summed E-state index contributed by atoms with van der Waals surface area (Å²) in [5.41, 5.74) is 0. The Morgan fingerprint density at radius 2 is 1.92 bits per heavy atom. The summed E-state index contributed by atoms with van der Waals surface area (Å²) in [4.78, 5) is 9.25. The molecule has 0 radical (unpaired) electrons. The van der Waals surface area contributed by atoms with Crippen LogP contribution in [0.15, 0.2) is 12.7 Å². The van der Waals surface area contributed by atoms with Gasteiger partial charge in [0.25, 0.3) is 0 Å². The molecule has 12 heavy (non-hydrogen) atoms. The van der Waals surface area contributed by atoms with Crippen LogP contribution >= 0.6 is 0 Å². The van der Waals surface area contributed by atoms with Crippen LogP contribution in [-0.4, -0.2) is 45.7 Å². The fourth-order valence-electron chi connectivity index (χ4n) is 0.240. The van der Waals surface area contributed by atoms with E-state index in [1.54, 1.807) is 0 Å². The summed E-state index contributed by atoms with van der Waals surface area (Å²) in [5.74, 6) is -0.981. The Labute approximate surface area is 70.6 Å². The zero-order valence-electron chi connectivity index (χ0n) is 6.68. The van der Waals surface area contributed by atoms with Gasteiger partial charge in [-0.25, -0.2) is 4.79 Å². The lowest BCUT2D eigenvalue weighted by atomic mass is 10.3. The van der Waals surface area contributed by atoms with Crippen LogP contribution in [0.25, 0.3) is 0 Å². The van der Waals surface area contributed by atoms with Crippen LogP contribution in [0.1, 0.15) is 6.42 Å². The topological polar surface area (TPSA) is 98.0 Å². The van der Waals surface area contributed by atoms with E-state index in [1.165, 1.54) is 0 Å². The molecule has 4 N–H and O–H groups in total. The molecule has 0 amide bonds. The summed E-state index contributed by atoms with van der Waals surface area (Å²) in [7, 11) is 0. The second kappa shape index (κ2) is 10.1. The van der Waals surface area contributed by atoms with Crippen molar-refractivity contribution in [2.45, 2.75) is 12.5 Å². The Morgan fingerprint density at radius 3 is 2.00 bits per heavy atom. The van der Waals surface area contributed by atoms with E-state index < -0.39 is 12.1 Å². The van der Waals surface area contributed by atoms with Gasteiger partial charge in [0, 0.05) is 12.7 Å². The standard InChI is InChI=1S/C4H10O3.C3H4O2/c5-2-1-4(7)3-6;1-2-3(4)5/h4-7H,1-3H2;2H,1H2,(H,4,5). The van der Waals surface area contributed by atoms with E-state index in [4.69, 9.17) is 20.4 Å². The smallest absolute Gasteiger partial charge is 0.327 e. The van der Waals surface area contributed by atoms with Gasteiger partial charge in [-0.05, 0) is 6.42 Å². The molecule has 0 bridgehead atoms. The van der Waals surface area contributed by atoms with Gasteiger partial charge in [0.05, 0.1) is 12.7 Å². The number of aliphatic hydroxyl groups is 3. The van der Waals surface area contributed by atoms with Gasteiger partial charge in [0.2, 0.25) is 0 Å². The molecule has 0 aliphatic rings. The summed E-state index contributed by atoms with van der Waals surface area (Å²) >= 11 is 0. The number of aliphatic hydroxyl groups excluding tert-OH is 3. The average Bonchev–Trinajstić information content (AvgIpc) is 2.06. The Balaban J connectivity index is 0. The van der Waals surface area contributed by atoms with Crippen molar-refractivity contribution in [3.05, 3.63) is 12.7 Å². The molecule has 0 aromatic carbocycles. The third-order valence-electron chi connectivity index (χ3n) is 0.848. The number of aliphatic carboxylic acids is 1. The first-order chi connectivity index (χ1) is 5.58. The molecule has 0 aliphatic carbocycles. The van der Waals surface area contributed by atoms with Crippen molar-refractivity contribution in [2.75, 3.05) is 13.2 Å². The van der Waals surface area contributed by atoms with Crippen molar-refractivity contribution in [3.8, 4) is 0 Å². The van der Waals surface area contributed by atoms with Gasteiger partial charge in [-0.3, -0.25) is 0 Å². The molecular weight excluding hydrogens is 164 g/mol. The number of hydrogen-bond acceptors (Lipinski definition) is 4. The van der Waals surface area contributed by atoms with Crippen LogP contribution in [0.4, 0.5) is 0 Å². The summed E-state index contributed by atoms with van der Waals surface area (Å²) in [6.45, 7) is 2.63. The van der Waals surface area contributed by atoms with Gasteiger partial charge in [-0.15, -0.1) is 0 Å². The van der Waals surface area contributed by atoms with E-state index in [2.05, 4.69) is 6.58 Å². The number of rotatable bonds is 4. The fraction of sp³-hybridized carbons (Fsp3) is 0.571. The fourth-order valence-corrected chi connectivity index (χ4v) is 0.240. The first kappa shape index (κ1) is 13.7. The predicted octanol–water partition coefficient (Wildman–Crippen LogP) is -1.02. The van der Waals surface area contributed by atoms with Crippen molar-refractivity contribution < 1.29 is 25.2 Å². The van der Waals surface area contributed by atoms with Crippen LogP contribution in [0.2, 0.25) is 0 Å². The number of carboxylic acid groups (broad SMARTS) is 1. The molecule has 0 spiro atoms. The Bertz CT molecular complexity index is 123.